The number of carbonyl (C=O) groups excluding carboxylic acids is 1. The molecule has 15 heavy (non-hydrogen) atoms. The van der Waals surface area contributed by atoms with Crippen molar-refractivity contribution in [1.82, 2.24) is 5.32 Å². The van der Waals surface area contributed by atoms with Crippen LogP contribution in [0.2, 0.25) is 0 Å². The summed E-state index contributed by atoms with van der Waals surface area (Å²) in [6, 6.07) is 0. The van der Waals surface area contributed by atoms with Gasteiger partial charge in [-0.1, -0.05) is 20.3 Å². The van der Waals surface area contributed by atoms with Crippen molar-refractivity contribution in [2.24, 2.45) is 11.7 Å². The Hall–Kier alpha value is -0.610. The summed E-state index contributed by atoms with van der Waals surface area (Å²) in [6.07, 6.45) is 2.03. The second-order valence-electron chi connectivity index (χ2n) is 4.57. The SMILES string of the molecule is CCCC(C)(O)CNC(=O)CC(C)CN. The van der Waals surface area contributed by atoms with Crippen molar-refractivity contribution in [3.05, 3.63) is 0 Å². The molecule has 0 aromatic heterocycles. The number of amides is 1. The van der Waals surface area contributed by atoms with Crippen LogP contribution in [0.4, 0.5) is 0 Å². The molecule has 4 heteroatoms. The van der Waals surface area contributed by atoms with Gasteiger partial charge in [0.05, 0.1) is 5.60 Å². The fourth-order valence-electron chi connectivity index (χ4n) is 1.39. The lowest BCUT2D eigenvalue weighted by molar-refractivity contribution is -0.123. The van der Waals surface area contributed by atoms with Crippen LogP contribution in [0.25, 0.3) is 0 Å². The average molecular weight is 216 g/mol. The number of nitrogens with one attached hydrogen (secondary N) is 1. The van der Waals surface area contributed by atoms with E-state index in [-0.39, 0.29) is 11.8 Å². The minimum atomic E-state index is -0.795. The first-order chi connectivity index (χ1) is 6.91. The standard InChI is InChI=1S/C11H24N2O2/c1-4-5-11(3,15)8-13-10(14)6-9(2)7-12/h9,15H,4-8,12H2,1-3H3,(H,13,14). The lowest BCUT2D eigenvalue weighted by Crippen LogP contribution is -2.41. The second kappa shape index (κ2) is 6.80. The van der Waals surface area contributed by atoms with Crippen LogP contribution in [-0.2, 0) is 4.79 Å². The molecule has 0 aromatic carbocycles. The number of hydrogen-bond acceptors (Lipinski definition) is 3. The summed E-state index contributed by atoms with van der Waals surface area (Å²) in [7, 11) is 0. The zero-order valence-corrected chi connectivity index (χ0v) is 10.0. The van der Waals surface area contributed by atoms with E-state index in [2.05, 4.69) is 5.32 Å². The van der Waals surface area contributed by atoms with Gasteiger partial charge >= 0.3 is 0 Å². The van der Waals surface area contributed by atoms with Crippen molar-refractivity contribution in [2.75, 3.05) is 13.1 Å². The van der Waals surface area contributed by atoms with Crippen LogP contribution < -0.4 is 11.1 Å². The van der Waals surface area contributed by atoms with Gasteiger partial charge in [-0.05, 0) is 25.8 Å². The van der Waals surface area contributed by atoms with Gasteiger partial charge in [0.1, 0.15) is 0 Å². The highest BCUT2D eigenvalue weighted by Gasteiger charge is 2.20. The molecule has 0 aliphatic rings. The van der Waals surface area contributed by atoms with Gasteiger partial charge in [-0.2, -0.15) is 0 Å². The molecule has 0 aromatic rings. The Morgan fingerprint density at radius 2 is 2.20 bits per heavy atom. The lowest BCUT2D eigenvalue weighted by Gasteiger charge is -2.23. The van der Waals surface area contributed by atoms with Crippen LogP contribution in [-0.4, -0.2) is 29.7 Å². The van der Waals surface area contributed by atoms with Gasteiger partial charge in [-0.3, -0.25) is 4.79 Å². The molecule has 2 unspecified atom stereocenters. The van der Waals surface area contributed by atoms with Crippen molar-refractivity contribution in [2.45, 2.75) is 45.6 Å². The molecule has 90 valence electrons. The summed E-state index contributed by atoms with van der Waals surface area (Å²) in [5.41, 5.74) is 4.63. The minimum Gasteiger partial charge on any atom is -0.388 e. The van der Waals surface area contributed by atoms with Crippen LogP contribution in [0.3, 0.4) is 0 Å². The molecule has 4 nitrogen and oxygen atoms in total. The summed E-state index contributed by atoms with van der Waals surface area (Å²) in [5, 5.41) is 12.5. The molecular formula is C11H24N2O2. The monoisotopic (exact) mass is 216 g/mol. The molecule has 0 aliphatic heterocycles. The van der Waals surface area contributed by atoms with Gasteiger partial charge in [0.2, 0.25) is 5.91 Å². The van der Waals surface area contributed by atoms with E-state index in [1.807, 2.05) is 13.8 Å². The van der Waals surface area contributed by atoms with Crippen molar-refractivity contribution < 1.29 is 9.90 Å². The smallest absolute Gasteiger partial charge is 0.220 e. The molecule has 0 saturated carbocycles. The van der Waals surface area contributed by atoms with E-state index in [0.29, 0.717) is 25.9 Å². The first kappa shape index (κ1) is 14.4. The van der Waals surface area contributed by atoms with Gasteiger partial charge in [0.15, 0.2) is 0 Å². The Morgan fingerprint density at radius 1 is 1.60 bits per heavy atom. The van der Waals surface area contributed by atoms with E-state index < -0.39 is 5.60 Å². The Morgan fingerprint density at radius 3 is 2.67 bits per heavy atom. The van der Waals surface area contributed by atoms with Crippen LogP contribution in [0.15, 0.2) is 0 Å². The summed E-state index contributed by atoms with van der Waals surface area (Å²) >= 11 is 0. The third-order valence-corrected chi connectivity index (χ3v) is 2.39. The Balaban J connectivity index is 3.79. The maximum atomic E-state index is 11.4. The largest absolute Gasteiger partial charge is 0.388 e. The predicted octanol–water partition coefficient (Wildman–Crippen LogP) is 0.639. The van der Waals surface area contributed by atoms with Crippen LogP contribution >= 0.6 is 0 Å². The maximum Gasteiger partial charge on any atom is 0.220 e. The molecule has 0 saturated heterocycles. The van der Waals surface area contributed by atoms with E-state index in [0.717, 1.165) is 6.42 Å². The average Bonchev–Trinajstić information content (AvgIpc) is 2.15. The molecule has 0 aliphatic carbocycles. The molecule has 4 N–H and O–H groups in total. The number of carbonyl (C=O) groups is 1. The van der Waals surface area contributed by atoms with Crippen molar-refractivity contribution >= 4 is 5.91 Å². The minimum absolute atomic E-state index is 0.0377. The molecule has 1 amide bonds. The quantitative estimate of drug-likeness (QED) is 0.584. The topological polar surface area (TPSA) is 75.3 Å². The third-order valence-electron chi connectivity index (χ3n) is 2.39. The van der Waals surface area contributed by atoms with E-state index in [4.69, 9.17) is 5.73 Å². The first-order valence-corrected chi connectivity index (χ1v) is 5.60. The molecule has 0 bridgehead atoms. The van der Waals surface area contributed by atoms with Gasteiger partial charge in [0.25, 0.3) is 0 Å². The maximum absolute atomic E-state index is 11.4. The van der Waals surface area contributed by atoms with Crippen LogP contribution in [0.5, 0.6) is 0 Å². The fraction of sp³-hybridized carbons (Fsp3) is 0.909. The van der Waals surface area contributed by atoms with Crippen molar-refractivity contribution in [3.63, 3.8) is 0 Å². The summed E-state index contributed by atoms with van der Waals surface area (Å²) in [4.78, 5) is 11.4. The van der Waals surface area contributed by atoms with E-state index in [9.17, 15) is 9.90 Å². The second-order valence-corrected chi connectivity index (χ2v) is 4.57. The first-order valence-electron chi connectivity index (χ1n) is 5.60. The normalized spacial score (nSPS) is 16.9. The number of aliphatic hydroxyl groups is 1. The van der Waals surface area contributed by atoms with E-state index >= 15 is 0 Å². The molecule has 0 radical (unpaired) electrons. The third kappa shape index (κ3) is 7.33. The number of nitrogens with two attached hydrogens (primary N) is 1. The van der Waals surface area contributed by atoms with E-state index in [1.165, 1.54) is 0 Å². The van der Waals surface area contributed by atoms with Crippen LogP contribution in [0.1, 0.15) is 40.0 Å². The van der Waals surface area contributed by atoms with Gasteiger partial charge < -0.3 is 16.2 Å². The zero-order chi connectivity index (χ0) is 11.9. The zero-order valence-electron chi connectivity index (χ0n) is 10.0. The van der Waals surface area contributed by atoms with Gasteiger partial charge in [0, 0.05) is 13.0 Å². The lowest BCUT2D eigenvalue weighted by atomic mass is 10.0. The highest BCUT2D eigenvalue weighted by molar-refractivity contribution is 5.76. The van der Waals surface area contributed by atoms with E-state index in [1.54, 1.807) is 6.92 Å². The summed E-state index contributed by atoms with van der Waals surface area (Å²) in [5.74, 6) is 0.158. The molecule has 0 spiro atoms. The number of rotatable bonds is 7. The molecule has 0 heterocycles. The summed E-state index contributed by atoms with van der Waals surface area (Å²) in [6.45, 7) is 6.51. The molecule has 0 fully saturated rings. The Bertz CT molecular complexity index is 193. The Kier molecular flexibility index (Phi) is 6.52. The van der Waals surface area contributed by atoms with Crippen molar-refractivity contribution in [1.29, 1.82) is 0 Å². The van der Waals surface area contributed by atoms with Gasteiger partial charge in [-0.25, -0.2) is 0 Å². The van der Waals surface area contributed by atoms with Crippen LogP contribution in [0, 0.1) is 5.92 Å². The molecule has 2 atom stereocenters. The predicted molar refractivity (Wildman–Crippen MR) is 61.4 cm³/mol. The highest BCUT2D eigenvalue weighted by Crippen LogP contribution is 2.10. The molecular weight excluding hydrogens is 192 g/mol. The highest BCUT2D eigenvalue weighted by atomic mass is 16.3. The molecule has 0 rings (SSSR count). The summed E-state index contributed by atoms with van der Waals surface area (Å²) < 4.78 is 0. The number of hydrogen-bond donors (Lipinski definition) is 3. The van der Waals surface area contributed by atoms with Crippen molar-refractivity contribution in [3.8, 4) is 0 Å². The fourth-order valence-corrected chi connectivity index (χ4v) is 1.39. The Labute approximate surface area is 92.2 Å². The van der Waals surface area contributed by atoms with Gasteiger partial charge in [-0.15, -0.1) is 0 Å².